The maximum Gasteiger partial charge on any atom is 0.324 e. The van der Waals surface area contributed by atoms with Crippen molar-refractivity contribution in [3.63, 3.8) is 0 Å². The number of hydrogen-bond acceptors (Lipinski definition) is 9. The molecular weight excluding hydrogens is 430 g/mol. The van der Waals surface area contributed by atoms with Gasteiger partial charge in [-0.15, -0.1) is 0 Å². The van der Waals surface area contributed by atoms with Gasteiger partial charge >= 0.3 is 10.0 Å². The van der Waals surface area contributed by atoms with Gasteiger partial charge in [-0.3, -0.25) is 34.8 Å². The number of nitro groups is 2. The van der Waals surface area contributed by atoms with Gasteiger partial charge in [-0.05, 0) is 42.5 Å². The van der Waals surface area contributed by atoms with Crippen molar-refractivity contribution >= 4 is 56.4 Å². The number of aromatic nitrogens is 1. The Balaban J connectivity index is 1.70. The summed E-state index contributed by atoms with van der Waals surface area (Å²) < 4.78 is 0. The van der Waals surface area contributed by atoms with Gasteiger partial charge in [-0.1, -0.05) is 22.7 Å². The second-order valence-corrected chi connectivity index (χ2v) is 7.91. The molecule has 0 fully saturated rings. The van der Waals surface area contributed by atoms with Gasteiger partial charge in [0, 0.05) is 45.4 Å². The lowest BCUT2D eigenvalue weighted by Gasteiger charge is -1.99. The van der Waals surface area contributed by atoms with Crippen LogP contribution in [-0.2, 0) is 0 Å². The van der Waals surface area contributed by atoms with Crippen molar-refractivity contribution in [3.8, 4) is 0 Å². The fourth-order valence-electron chi connectivity index (χ4n) is 2.28. The standard InChI is InChI=1S/C19H11N3O6S2/c23-16(5-1-14-3-7-18(29-14)21(25)26)12-9-13(11-20-10-12)17(24)6-2-15-4-8-19(30-15)22(27)28/h1-11H/b5-1-,6-2-. The van der Waals surface area contributed by atoms with Gasteiger partial charge in [0.2, 0.25) is 0 Å². The van der Waals surface area contributed by atoms with E-state index < -0.39 is 21.4 Å². The summed E-state index contributed by atoms with van der Waals surface area (Å²) in [6.45, 7) is 0. The molecular formula is C19H11N3O6S2. The number of allylic oxidation sites excluding steroid dienone is 2. The topological polar surface area (TPSA) is 133 Å². The zero-order chi connectivity index (χ0) is 21.7. The number of ketones is 2. The summed E-state index contributed by atoms with van der Waals surface area (Å²) in [4.78, 5) is 50.0. The number of thiophene rings is 2. The predicted octanol–water partition coefficient (Wildman–Crippen LogP) is 4.81. The Morgan fingerprint density at radius 1 is 0.800 bits per heavy atom. The molecule has 150 valence electrons. The highest BCUT2D eigenvalue weighted by molar-refractivity contribution is 7.16. The quantitative estimate of drug-likeness (QED) is 0.212. The van der Waals surface area contributed by atoms with Crippen molar-refractivity contribution in [3.05, 3.63) is 96.0 Å². The second kappa shape index (κ2) is 9.11. The molecule has 30 heavy (non-hydrogen) atoms. The first-order valence-electron chi connectivity index (χ1n) is 8.22. The van der Waals surface area contributed by atoms with Crippen molar-refractivity contribution in [1.82, 2.24) is 4.98 Å². The van der Waals surface area contributed by atoms with Crippen LogP contribution in [0.3, 0.4) is 0 Å². The highest BCUT2D eigenvalue weighted by atomic mass is 32.1. The van der Waals surface area contributed by atoms with Crippen LogP contribution in [0.4, 0.5) is 10.0 Å². The summed E-state index contributed by atoms with van der Waals surface area (Å²) in [5, 5.41) is 21.3. The van der Waals surface area contributed by atoms with Crippen molar-refractivity contribution in [2.45, 2.75) is 0 Å². The van der Waals surface area contributed by atoms with E-state index in [1.807, 2.05) is 0 Å². The zero-order valence-corrected chi connectivity index (χ0v) is 16.6. The normalized spacial score (nSPS) is 11.2. The SMILES string of the molecule is O=C(/C=C\c1ccc([N+](=O)[O-])s1)c1cncc(C(=O)/C=C\c2ccc([N+](=O)[O-])s2)c1. The second-order valence-electron chi connectivity index (χ2n) is 5.72. The summed E-state index contributed by atoms with van der Waals surface area (Å²) in [6, 6.07) is 7.16. The number of pyridine rings is 1. The first-order valence-corrected chi connectivity index (χ1v) is 9.85. The third-order valence-electron chi connectivity index (χ3n) is 3.69. The van der Waals surface area contributed by atoms with E-state index in [-0.39, 0.29) is 21.1 Å². The van der Waals surface area contributed by atoms with Gasteiger partial charge < -0.3 is 0 Å². The minimum absolute atomic E-state index is 0.0285. The summed E-state index contributed by atoms with van der Waals surface area (Å²) in [7, 11) is 0. The van der Waals surface area contributed by atoms with Crippen molar-refractivity contribution in [2.24, 2.45) is 0 Å². The Bertz CT molecular complexity index is 1120. The van der Waals surface area contributed by atoms with Crippen LogP contribution in [0.25, 0.3) is 12.2 Å². The van der Waals surface area contributed by atoms with Gasteiger partial charge in [0.25, 0.3) is 0 Å². The van der Waals surface area contributed by atoms with Crippen LogP contribution in [0, 0.1) is 20.2 Å². The van der Waals surface area contributed by atoms with E-state index in [1.165, 1.54) is 67.0 Å². The Morgan fingerprint density at radius 2 is 1.23 bits per heavy atom. The Kier molecular flexibility index (Phi) is 6.35. The molecule has 0 bridgehead atoms. The molecule has 0 radical (unpaired) electrons. The third kappa shape index (κ3) is 5.16. The van der Waals surface area contributed by atoms with Crippen molar-refractivity contribution in [2.75, 3.05) is 0 Å². The minimum atomic E-state index is -0.509. The highest BCUT2D eigenvalue weighted by Gasteiger charge is 2.11. The molecule has 0 atom stereocenters. The van der Waals surface area contributed by atoms with Gasteiger partial charge in [0.15, 0.2) is 11.6 Å². The number of carbonyl (C=O) groups excluding carboxylic acids is 2. The fraction of sp³-hybridized carbons (Fsp3) is 0. The van der Waals surface area contributed by atoms with Crippen molar-refractivity contribution < 1.29 is 19.4 Å². The Hall–Kier alpha value is -3.83. The molecule has 3 rings (SSSR count). The summed E-state index contributed by atoms with van der Waals surface area (Å²) in [5.74, 6) is -0.822. The number of carbonyl (C=O) groups is 2. The highest BCUT2D eigenvalue weighted by Crippen LogP contribution is 2.26. The van der Waals surface area contributed by atoms with Crippen LogP contribution < -0.4 is 0 Å². The van der Waals surface area contributed by atoms with E-state index in [4.69, 9.17) is 0 Å². The molecule has 0 saturated heterocycles. The molecule has 0 aliphatic carbocycles. The molecule has 0 N–H and O–H groups in total. The van der Waals surface area contributed by atoms with Crippen LogP contribution >= 0.6 is 22.7 Å². The molecule has 0 aliphatic rings. The number of hydrogen-bond donors (Lipinski definition) is 0. The van der Waals surface area contributed by atoms with Gasteiger partial charge in [-0.2, -0.15) is 0 Å². The average Bonchev–Trinajstić information content (AvgIpc) is 3.40. The summed E-state index contributed by atoms with van der Waals surface area (Å²) in [6.07, 6.45) is 8.04. The Labute approximate surface area is 176 Å². The van der Waals surface area contributed by atoms with Crippen LogP contribution in [-0.4, -0.2) is 26.4 Å². The number of nitrogens with zero attached hydrogens (tertiary/aromatic N) is 3. The lowest BCUT2D eigenvalue weighted by atomic mass is 10.1. The fourth-order valence-corrected chi connectivity index (χ4v) is 3.73. The third-order valence-corrected chi connectivity index (χ3v) is 5.69. The summed E-state index contributed by atoms with van der Waals surface area (Å²) in [5.41, 5.74) is 0.367. The molecule has 0 aliphatic heterocycles. The first-order chi connectivity index (χ1) is 14.3. The molecule has 0 amide bonds. The van der Waals surface area contributed by atoms with E-state index >= 15 is 0 Å². The molecule has 9 nitrogen and oxygen atoms in total. The minimum Gasteiger partial charge on any atom is -0.289 e. The molecule has 0 spiro atoms. The maximum atomic E-state index is 12.3. The molecule has 11 heteroatoms. The van der Waals surface area contributed by atoms with E-state index in [9.17, 15) is 29.8 Å². The predicted molar refractivity (Wildman–Crippen MR) is 113 cm³/mol. The number of rotatable bonds is 8. The van der Waals surface area contributed by atoms with Crippen LogP contribution in [0.15, 0.2) is 54.9 Å². The lowest BCUT2D eigenvalue weighted by Crippen LogP contribution is -2.01. The zero-order valence-electron chi connectivity index (χ0n) is 15.0. The van der Waals surface area contributed by atoms with E-state index in [0.29, 0.717) is 9.75 Å². The average molecular weight is 441 g/mol. The van der Waals surface area contributed by atoms with E-state index in [2.05, 4.69) is 4.98 Å². The van der Waals surface area contributed by atoms with E-state index in [1.54, 1.807) is 0 Å². The largest absolute Gasteiger partial charge is 0.324 e. The molecule has 0 saturated carbocycles. The molecule has 3 aromatic rings. The molecule has 3 heterocycles. The van der Waals surface area contributed by atoms with Gasteiger partial charge in [-0.25, -0.2) is 0 Å². The van der Waals surface area contributed by atoms with Crippen LogP contribution in [0.2, 0.25) is 0 Å². The van der Waals surface area contributed by atoms with Gasteiger partial charge in [0.1, 0.15) is 0 Å². The van der Waals surface area contributed by atoms with Crippen LogP contribution in [0.5, 0.6) is 0 Å². The first kappa shape index (κ1) is 20.9. The molecule has 0 unspecified atom stereocenters. The smallest absolute Gasteiger partial charge is 0.289 e. The van der Waals surface area contributed by atoms with Crippen molar-refractivity contribution in [1.29, 1.82) is 0 Å². The summed E-state index contributed by atoms with van der Waals surface area (Å²) >= 11 is 1.87. The molecule has 3 aromatic heterocycles. The monoisotopic (exact) mass is 441 g/mol. The Morgan fingerprint density at radius 3 is 1.60 bits per heavy atom. The van der Waals surface area contributed by atoms with E-state index in [0.717, 1.165) is 22.7 Å². The maximum absolute atomic E-state index is 12.3. The van der Waals surface area contributed by atoms with Gasteiger partial charge in [0.05, 0.1) is 9.85 Å². The van der Waals surface area contributed by atoms with Crippen LogP contribution in [0.1, 0.15) is 30.5 Å². The lowest BCUT2D eigenvalue weighted by molar-refractivity contribution is -0.380. The molecule has 0 aromatic carbocycles.